The third-order valence-corrected chi connectivity index (χ3v) is 2.09. The van der Waals surface area contributed by atoms with Gasteiger partial charge in [0.05, 0.1) is 0 Å². The molecule has 3 nitrogen and oxygen atoms in total. The van der Waals surface area contributed by atoms with Gasteiger partial charge in [-0.1, -0.05) is 0 Å². The summed E-state index contributed by atoms with van der Waals surface area (Å²) in [5.74, 6) is 0.692. The first kappa shape index (κ1) is 6.98. The molecule has 11 heavy (non-hydrogen) atoms. The van der Waals surface area contributed by atoms with Crippen LogP contribution in [-0.2, 0) is 0 Å². The molecule has 0 saturated carbocycles. The molecule has 1 aliphatic heterocycles. The maximum Gasteiger partial charge on any atom is 0.299 e. The van der Waals surface area contributed by atoms with E-state index >= 15 is 0 Å². The van der Waals surface area contributed by atoms with Crippen molar-refractivity contribution in [1.29, 1.82) is 0 Å². The minimum Gasteiger partial charge on any atom is -0.209 e. The third kappa shape index (κ3) is 1.09. The van der Waals surface area contributed by atoms with Gasteiger partial charge in [0.15, 0.2) is 0 Å². The maximum atomic E-state index is 5.56. The summed E-state index contributed by atoms with van der Waals surface area (Å²) in [7, 11) is 0. The lowest BCUT2D eigenvalue weighted by molar-refractivity contribution is 1.17. The first-order chi connectivity index (χ1) is 5.27. The molecule has 2 heterocycles. The van der Waals surface area contributed by atoms with Gasteiger partial charge in [0.2, 0.25) is 15.3 Å². The highest BCUT2D eigenvalue weighted by Gasteiger charge is 2.26. The van der Waals surface area contributed by atoms with E-state index in [-0.39, 0.29) is 5.28 Å². The predicted octanol–water partition coefficient (Wildman–Crippen LogP) is 2.05. The lowest BCUT2D eigenvalue weighted by Crippen LogP contribution is -1.90. The van der Waals surface area contributed by atoms with Crippen LogP contribution in [0, 0.1) is 6.20 Å². The van der Waals surface area contributed by atoms with E-state index in [0.717, 1.165) is 10.0 Å². The Morgan fingerprint density at radius 2 is 2.45 bits per heavy atom. The Morgan fingerprint density at radius 1 is 1.64 bits per heavy atom. The van der Waals surface area contributed by atoms with Crippen LogP contribution in [0.3, 0.4) is 0 Å². The molecule has 0 amide bonds. The molecule has 2 rings (SSSR count). The van der Waals surface area contributed by atoms with Gasteiger partial charge in [0.25, 0.3) is 5.82 Å². The minimum absolute atomic E-state index is 0.236. The van der Waals surface area contributed by atoms with E-state index in [1.165, 1.54) is 0 Å². The SMILES string of the molecule is Clc1ncc2c(n1)N[C+]=C2Br. The molecular formula is C6H2BrClN3+. The highest BCUT2D eigenvalue weighted by atomic mass is 79.9. The molecule has 0 spiro atoms. The van der Waals surface area contributed by atoms with E-state index in [1.54, 1.807) is 6.20 Å². The number of halogens is 2. The van der Waals surface area contributed by atoms with Gasteiger partial charge in [0.1, 0.15) is 12.4 Å². The fourth-order valence-electron chi connectivity index (χ4n) is 0.798. The van der Waals surface area contributed by atoms with Crippen LogP contribution in [-0.4, -0.2) is 9.97 Å². The van der Waals surface area contributed by atoms with Crippen LogP contribution < -0.4 is 5.32 Å². The summed E-state index contributed by atoms with van der Waals surface area (Å²) in [4.78, 5) is 7.76. The molecule has 0 saturated heterocycles. The summed E-state index contributed by atoms with van der Waals surface area (Å²) >= 11 is 8.84. The molecule has 0 aliphatic carbocycles. The molecular weight excluding hydrogens is 229 g/mol. The summed E-state index contributed by atoms with van der Waals surface area (Å²) in [6.07, 6.45) is 4.47. The first-order valence-electron chi connectivity index (χ1n) is 2.85. The molecule has 1 aromatic heterocycles. The Labute approximate surface area is 76.6 Å². The lowest BCUT2D eigenvalue weighted by Gasteiger charge is -1.86. The Hall–Kier alpha value is -0.700. The van der Waals surface area contributed by atoms with Gasteiger partial charge < -0.3 is 0 Å². The van der Waals surface area contributed by atoms with Gasteiger partial charge in [-0.15, -0.1) is 4.98 Å². The first-order valence-corrected chi connectivity index (χ1v) is 4.02. The average molecular weight is 231 g/mol. The second kappa shape index (κ2) is 2.41. The molecule has 0 atom stereocenters. The van der Waals surface area contributed by atoms with E-state index in [9.17, 15) is 0 Å². The topological polar surface area (TPSA) is 37.8 Å². The van der Waals surface area contributed by atoms with Gasteiger partial charge >= 0.3 is 0 Å². The molecule has 0 fully saturated rings. The normalized spacial score (nSPS) is 13.1. The van der Waals surface area contributed by atoms with Crippen molar-refractivity contribution in [3.63, 3.8) is 0 Å². The van der Waals surface area contributed by atoms with Gasteiger partial charge in [0, 0.05) is 0 Å². The van der Waals surface area contributed by atoms with Crippen LogP contribution in [0.4, 0.5) is 5.82 Å². The van der Waals surface area contributed by atoms with Crippen molar-refractivity contribution in [2.24, 2.45) is 0 Å². The number of hydrogen-bond donors (Lipinski definition) is 1. The van der Waals surface area contributed by atoms with E-state index < -0.39 is 0 Å². The zero-order valence-electron chi connectivity index (χ0n) is 5.23. The minimum atomic E-state index is 0.236. The molecule has 0 unspecified atom stereocenters. The number of anilines is 1. The second-order valence-electron chi connectivity index (χ2n) is 1.97. The predicted molar refractivity (Wildman–Crippen MR) is 46.2 cm³/mol. The van der Waals surface area contributed by atoms with Gasteiger partial charge in [-0.3, -0.25) is 0 Å². The highest BCUT2D eigenvalue weighted by molar-refractivity contribution is 9.15. The van der Waals surface area contributed by atoms with Gasteiger partial charge in [-0.05, 0) is 27.5 Å². The Morgan fingerprint density at radius 3 is 3.27 bits per heavy atom. The maximum absolute atomic E-state index is 5.56. The monoisotopic (exact) mass is 230 g/mol. The van der Waals surface area contributed by atoms with Gasteiger partial charge in [-0.2, -0.15) is 5.32 Å². The third-order valence-electron chi connectivity index (χ3n) is 1.29. The van der Waals surface area contributed by atoms with Crippen LogP contribution in [0.15, 0.2) is 6.20 Å². The molecule has 0 aromatic carbocycles. The van der Waals surface area contributed by atoms with E-state index in [0.29, 0.717) is 5.82 Å². The molecule has 1 N–H and O–H groups in total. The van der Waals surface area contributed by atoms with Crippen LogP contribution >= 0.6 is 27.5 Å². The van der Waals surface area contributed by atoms with Crippen molar-refractivity contribution in [3.05, 3.63) is 23.2 Å². The number of hydrogen-bond acceptors (Lipinski definition) is 3. The molecule has 0 radical (unpaired) electrons. The van der Waals surface area contributed by atoms with Crippen molar-refractivity contribution in [2.45, 2.75) is 0 Å². The Bertz CT molecular complexity index is 337. The number of rotatable bonds is 0. The molecule has 1 aromatic rings. The highest BCUT2D eigenvalue weighted by Crippen LogP contribution is 2.31. The van der Waals surface area contributed by atoms with E-state index in [1.807, 2.05) is 0 Å². The summed E-state index contributed by atoms with van der Waals surface area (Å²) in [6.45, 7) is 0. The van der Waals surface area contributed by atoms with Crippen molar-refractivity contribution in [3.8, 4) is 0 Å². The molecule has 0 bridgehead atoms. The van der Waals surface area contributed by atoms with Crippen molar-refractivity contribution < 1.29 is 0 Å². The summed E-state index contributed by atoms with van der Waals surface area (Å²) in [5.41, 5.74) is 0.884. The van der Waals surface area contributed by atoms with Crippen LogP contribution in [0.25, 0.3) is 4.48 Å². The zero-order chi connectivity index (χ0) is 7.84. The van der Waals surface area contributed by atoms with Gasteiger partial charge in [-0.25, -0.2) is 4.98 Å². The van der Waals surface area contributed by atoms with Crippen LogP contribution in [0.1, 0.15) is 5.56 Å². The van der Waals surface area contributed by atoms with E-state index in [2.05, 4.69) is 37.4 Å². The number of fused-ring (bicyclic) bond motifs is 1. The number of nitrogens with zero attached hydrogens (tertiary/aromatic N) is 2. The summed E-state index contributed by atoms with van der Waals surface area (Å²) in [5, 5.41) is 3.06. The quantitative estimate of drug-likeness (QED) is 0.548. The van der Waals surface area contributed by atoms with Crippen LogP contribution in [0.5, 0.6) is 0 Å². The molecule has 1 aliphatic rings. The molecule has 54 valence electrons. The smallest absolute Gasteiger partial charge is 0.209 e. The zero-order valence-corrected chi connectivity index (χ0v) is 7.57. The van der Waals surface area contributed by atoms with E-state index in [4.69, 9.17) is 11.6 Å². The number of nitrogens with one attached hydrogen (secondary N) is 1. The van der Waals surface area contributed by atoms with Crippen molar-refractivity contribution >= 4 is 37.8 Å². The summed E-state index contributed by atoms with van der Waals surface area (Å²) in [6, 6.07) is 0. The largest absolute Gasteiger partial charge is 0.299 e. The lowest BCUT2D eigenvalue weighted by atomic mass is 10.3. The Kier molecular flexibility index (Phi) is 1.53. The number of aromatic nitrogens is 2. The second-order valence-corrected chi connectivity index (χ2v) is 3.10. The Balaban J connectivity index is 2.58. The molecule has 5 heteroatoms. The fraction of sp³-hybridized carbons (Fsp3) is 0. The van der Waals surface area contributed by atoms with Crippen LogP contribution in [0.2, 0.25) is 5.28 Å². The average Bonchev–Trinajstić information content (AvgIpc) is 2.32. The standard InChI is InChI=1S/C6H2BrClN3/c7-4-2-9-5-3(4)1-10-6(8)11-5/h1H,(H,9,10,11)/q+1. The summed E-state index contributed by atoms with van der Waals surface area (Å²) < 4.78 is 0.823. The van der Waals surface area contributed by atoms with Crippen molar-refractivity contribution in [2.75, 3.05) is 5.32 Å². The fourth-order valence-corrected chi connectivity index (χ4v) is 1.32. The van der Waals surface area contributed by atoms with Crippen molar-refractivity contribution in [1.82, 2.24) is 9.97 Å².